The standard InChI is InChI=1S/C21H20ClFN4O3S/c1-14-19(21(22)27(25-14)17-9-7-15(23)8-10-17)11-12-20(28)24-16-5-4-6-18(13-16)31(29,30)26(2)3/h4-13H,1-3H3,(H,24,28)/b12-11+. The SMILES string of the molecule is Cc1nn(-c2ccc(F)cc2)c(Cl)c1/C=C/C(=O)Nc1cccc(S(=O)(=O)N(C)C)c1. The molecule has 2 aromatic carbocycles. The quantitative estimate of drug-likeness (QED) is 0.563. The fraction of sp³-hybridized carbons (Fsp3) is 0.143. The van der Waals surface area contributed by atoms with E-state index in [1.54, 1.807) is 31.2 Å². The van der Waals surface area contributed by atoms with Crippen LogP contribution >= 0.6 is 11.6 Å². The summed E-state index contributed by atoms with van der Waals surface area (Å²) in [5.41, 5.74) is 2.03. The van der Waals surface area contributed by atoms with Gasteiger partial charge in [-0.1, -0.05) is 17.7 Å². The van der Waals surface area contributed by atoms with Gasteiger partial charge in [0, 0.05) is 31.4 Å². The van der Waals surface area contributed by atoms with E-state index in [0.29, 0.717) is 22.6 Å². The molecule has 31 heavy (non-hydrogen) atoms. The Balaban J connectivity index is 1.79. The van der Waals surface area contributed by atoms with Crippen molar-refractivity contribution in [3.8, 4) is 5.69 Å². The summed E-state index contributed by atoms with van der Waals surface area (Å²) in [7, 11) is -0.752. The molecule has 1 aromatic heterocycles. The van der Waals surface area contributed by atoms with E-state index in [4.69, 9.17) is 11.6 Å². The van der Waals surface area contributed by atoms with E-state index >= 15 is 0 Å². The molecule has 0 unspecified atom stereocenters. The topological polar surface area (TPSA) is 84.3 Å². The van der Waals surface area contributed by atoms with Crippen molar-refractivity contribution in [2.75, 3.05) is 19.4 Å². The smallest absolute Gasteiger partial charge is 0.248 e. The molecule has 0 saturated heterocycles. The maximum Gasteiger partial charge on any atom is 0.248 e. The summed E-state index contributed by atoms with van der Waals surface area (Å²) in [5.74, 6) is -0.840. The number of benzene rings is 2. The molecule has 3 aromatic rings. The first-order chi connectivity index (χ1) is 14.6. The van der Waals surface area contributed by atoms with E-state index in [0.717, 1.165) is 4.31 Å². The average Bonchev–Trinajstić information content (AvgIpc) is 3.00. The lowest BCUT2D eigenvalue weighted by atomic mass is 10.2. The van der Waals surface area contributed by atoms with Gasteiger partial charge in [-0.2, -0.15) is 5.10 Å². The minimum absolute atomic E-state index is 0.0683. The highest BCUT2D eigenvalue weighted by Crippen LogP contribution is 2.25. The average molecular weight is 463 g/mol. The highest BCUT2D eigenvalue weighted by atomic mass is 35.5. The van der Waals surface area contributed by atoms with Crippen LogP contribution < -0.4 is 5.32 Å². The predicted molar refractivity (Wildman–Crippen MR) is 118 cm³/mol. The Kier molecular flexibility index (Phi) is 6.59. The van der Waals surface area contributed by atoms with E-state index in [1.807, 2.05) is 0 Å². The highest BCUT2D eigenvalue weighted by Gasteiger charge is 2.17. The van der Waals surface area contributed by atoms with Crippen LogP contribution in [0.1, 0.15) is 11.3 Å². The Hall–Kier alpha value is -3.01. The van der Waals surface area contributed by atoms with Gasteiger partial charge in [0.2, 0.25) is 15.9 Å². The molecule has 10 heteroatoms. The second-order valence-corrected chi connectivity index (χ2v) is 9.33. The molecule has 3 rings (SSSR count). The van der Waals surface area contributed by atoms with Crippen LogP contribution in [0.2, 0.25) is 5.15 Å². The Labute approximate surface area is 184 Å². The number of nitrogens with zero attached hydrogens (tertiary/aromatic N) is 3. The first-order valence-electron chi connectivity index (χ1n) is 9.12. The summed E-state index contributed by atoms with van der Waals surface area (Å²) in [4.78, 5) is 12.4. The molecule has 1 amide bonds. The molecular weight excluding hydrogens is 443 g/mol. The molecule has 7 nitrogen and oxygen atoms in total. The molecule has 162 valence electrons. The van der Waals surface area contributed by atoms with Gasteiger partial charge in [-0.3, -0.25) is 4.79 Å². The van der Waals surface area contributed by atoms with Crippen molar-refractivity contribution < 1.29 is 17.6 Å². The summed E-state index contributed by atoms with van der Waals surface area (Å²) >= 11 is 6.40. The van der Waals surface area contributed by atoms with Gasteiger partial charge in [0.1, 0.15) is 11.0 Å². The Morgan fingerprint density at radius 3 is 2.52 bits per heavy atom. The zero-order valence-corrected chi connectivity index (χ0v) is 18.6. The van der Waals surface area contributed by atoms with Gasteiger partial charge in [-0.05, 0) is 55.5 Å². The van der Waals surface area contributed by atoms with Gasteiger partial charge >= 0.3 is 0 Å². The number of sulfonamides is 1. The number of rotatable bonds is 6. The fourth-order valence-electron chi connectivity index (χ4n) is 2.74. The molecule has 0 aliphatic rings. The zero-order chi connectivity index (χ0) is 22.8. The van der Waals surface area contributed by atoms with Crippen molar-refractivity contribution in [3.05, 3.63) is 76.8 Å². The number of carbonyl (C=O) groups excluding carboxylic acids is 1. The maximum atomic E-state index is 13.2. The molecule has 0 fully saturated rings. The lowest BCUT2D eigenvalue weighted by Crippen LogP contribution is -2.22. The fourth-order valence-corrected chi connectivity index (χ4v) is 4.03. The number of nitrogens with one attached hydrogen (secondary N) is 1. The van der Waals surface area contributed by atoms with Crippen LogP contribution in [0.3, 0.4) is 0 Å². The van der Waals surface area contributed by atoms with E-state index in [9.17, 15) is 17.6 Å². The Bertz CT molecular complexity index is 1250. The van der Waals surface area contributed by atoms with Gasteiger partial charge in [-0.15, -0.1) is 0 Å². The van der Waals surface area contributed by atoms with Crippen LogP contribution in [0.5, 0.6) is 0 Å². The van der Waals surface area contributed by atoms with Gasteiger partial charge in [0.25, 0.3) is 0 Å². The molecule has 0 radical (unpaired) electrons. The van der Waals surface area contributed by atoms with Gasteiger partial charge < -0.3 is 5.32 Å². The van der Waals surface area contributed by atoms with Crippen molar-refractivity contribution in [2.24, 2.45) is 0 Å². The number of aryl methyl sites for hydroxylation is 1. The molecule has 0 atom stereocenters. The number of hydrogen-bond donors (Lipinski definition) is 1. The van der Waals surface area contributed by atoms with E-state index < -0.39 is 15.9 Å². The molecule has 0 spiro atoms. The van der Waals surface area contributed by atoms with Crippen molar-refractivity contribution in [1.82, 2.24) is 14.1 Å². The second kappa shape index (κ2) is 9.01. The number of amides is 1. The largest absolute Gasteiger partial charge is 0.322 e. The number of carbonyl (C=O) groups is 1. The Morgan fingerprint density at radius 1 is 1.19 bits per heavy atom. The first kappa shape index (κ1) is 22.7. The van der Waals surface area contributed by atoms with Crippen LogP contribution in [0.15, 0.2) is 59.5 Å². The summed E-state index contributed by atoms with van der Waals surface area (Å²) in [6.45, 7) is 1.74. The van der Waals surface area contributed by atoms with Crippen LogP contribution in [0.25, 0.3) is 11.8 Å². The monoisotopic (exact) mass is 462 g/mol. The third kappa shape index (κ3) is 5.01. The van der Waals surface area contributed by atoms with Crippen LogP contribution in [-0.4, -0.2) is 42.5 Å². The minimum Gasteiger partial charge on any atom is -0.322 e. The summed E-state index contributed by atoms with van der Waals surface area (Å²) < 4.78 is 40.2. The first-order valence-corrected chi connectivity index (χ1v) is 10.9. The van der Waals surface area contributed by atoms with Gasteiger partial charge in [0.15, 0.2) is 0 Å². The summed E-state index contributed by atoms with van der Waals surface area (Å²) in [5, 5.41) is 7.23. The molecule has 0 saturated carbocycles. The lowest BCUT2D eigenvalue weighted by molar-refractivity contribution is -0.111. The molecular formula is C21H20ClFN4O3S. The second-order valence-electron chi connectivity index (χ2n) is 6.82. The van der Waals surface area contributed by atoms with E-state index in [1.165, 1.54) is 55.2 Å². The number of aromatic nitrogens is 2. The lowest BCUT2D eigenvalue weighted by Gasteiger charge is -2.12. The van der Waals surface area contributed by atoms with Crippen molar-refractivity contribution in [2.45, 2.75) is 11.8 Å². The predicted octanol–water partition coefficient (Wildman–Crippen LogP) is 3.88. The number of hydrogen-bond acceptors (Lipinski definition) is 4. The zero-order valence-electron chi connectivity index (χ0n) is 17.0. The van der Waals surface area contributed by atoms with Crippen LogP contribution in [0, 0.1) is 12.7 Å². The molecule has 0 bridgehead atoms. The van der Waals surface area contributed by atoms with E-state index in [-0.39, 0.29) is 15.9 Å². The van der Waals surface area contributed by atoms with Crippen LogP contribution in [0.4, 0.5) is 10.1 Å². The van der Waals surface area contributed by atoms with Crippen molar-refractivity contribution >= 4 is 39.3 Å². The molecule has 1 heterocycles. The summed E-state index contributed by atoms with van der Waals surface area (Å²) in [6.07, 6.45) is 2.79. The number of anilines is 1. The Morgan fingerprint density at radius 2 is 1.87 bits per heavy atom. The third-order valence-corrected chi connectivity index (χ3v) is 6.58. The summed E-state index contributed by atoms with van der Waals surface area (Å²) in [6, 6.07) is 11.7. The van der Waals surface area contributed by atoms with Crippen molar-refractivity contribution in [3.63, 3.8) is 0 Å². The third-order valence-electron chi connectivity index (χ3n) is 4.40. The van der Waals surface area contributed by atoms with Crippen LogP contribution in [-0.2, 0) is 14.8 Å². The number of halogens is 2. The van der Waals surface area contributed by atoms with Gasteiger partial charge in [0.05, 0.1) is 16.3 Å². The highest BCUT2D eigenvalue weighted by molar-refractivity contribution is 7.89. The maximum absolute atomic E-state index is 13.2. The van der Waals surface area contributed by atoms with Gasteiger partial charge in [-0.25, -0.2) is 21.8 Å². The van der Waals surface area contributed by atoms with Crippen molar-refractivity contribution in [1.29, 1.82) is 0 Å². The molecule has 1 N–H and O–H groups in total. The molecule has 0 aliphatic carbocycles. The molecule has 0 aliphatic heterocycles. The minimum atomic E-state index is -3.62. The normalized spacial score (nSPS) is 11.9. The van der Waals surface area contributed by atoms with E-state index in [2.05, 4.69) is 10.4 Å².